The Morgan fingerprint density at radius 3 is 2.75 bits per heavy atom. The van der Waals surface area contributed by atoms with Crippen molar-refractivity contribution >= 4 is 6.09 Å². The molecule has 1 aromatic rings. The maximum Gasteiger partial charge on any atom is 0.407 e. The standard InChI is InChI=1S/C11H16N2O3/c12-6-10(14)7-13-11(15)16-8-9-4-2-1-3-5-9/h1-5,10,14H,6-8,12H2,(H,13,15). The van der Waals surface area contributed by atoms with Gasteiger partial charge in [-0.05, 0) is 5.56 Å². The lowest BCUT2D eigenvalue weighted by atomic mass is 10.2. The lowest BCUT2D eigenvalue weighted by Gasteiger charge is -2.09. The van der Waals surface area contributed by atoms with Crippen LogP contribution in [0.15, 0.2) is 30.3 Å². The first-order chi connectivity index (χ1) is 7.72. The second-order valence-electron chi connectivity index (χ2n) is 3.33. The summed E-state index contributed by atoms with van der Waals surface area (Å²) >= 11 is 0. The molecule has 0 aliphatic rings. The second-order valence-corrected chi connectivity index (χ2v) is 3.33. The molecule has 16 heavy (non-hydrogen) atoms. The van der Waals surface area contributed by atoms with E-state index in [-0.39, 0.29) is 19.7 Å². The molecule has 5 nitrogen and oxygen atoms in total. The molecule has 0 aliphatic heterocycles. The maximum atomic E-state index is 11.2. The Labute approximate surface area is 94.2 Å². The highest BCUT2D eigenvalue weighted by Crippen LogP contribution is 2.00. The molecule has 0 fully saturated rings. The van der Waals surface area contributed by atoms with Crippen LogP contribution in [0.3, 0.4) is 0 Å². The minimum absolute atomic E-state index is 0.101. The van der Waals surface area contributed by atoms with Crippen molar-refractivity contribution in [3.05, 3.63) is 35.9 Å². The molecule has 0 spiro atoms. The Morgan fingerprint density at radius 1 is 1.44 bits per heavy atom. The van der Waals surface area contributed by atoms with Crippen LogP contribution in [0.1, 0.15) is 5.56 Å². The fourth-order valence-electron chi connectivity index (χ4n) is 1.06. The number of rotatable bonds is 5. The van der Waals surface area contributed by atoms with Crippen LogP contribution < -0.4 is 11.1 Å². The molecular formula is C11H16N2O3. The van der Waals surface area contributed by atoms with Gasteiger partial charge in [0, 0.05) is 13.1 Å². The first-order valence-electron chi connectivity index (χ1n) is 5.05. The van der Waals surface area contributed by atoms with Crippen molar-refractivity contribution in [2.24, 2.45) is 5.73 Å². The third kappa shape index (κ3) is 4.77. The monoisotopic (exact) mass is 224 g/mol. The topological polar surface area (TPSA) is 84.6 Å². The van der Waals surface area contributed by atoms with E-state index in [0.717, 1.165) is 5.56 Å². The summed E-state index contributed by atoms with van der Waals surface area (Å²) in [7, 11) is 0. The summed E-state index contributed by atoms with van der Waals surface area (Å²) in [6.07, 6.45) is -1.29. The molecule has 0 radical (unpaired) electrons. The van der Waals surface area contributed by atoms with Gasteiger partial charge in [-0.2, -0.15) is 0 Å². The highest BCUT2D eigenvalue weighted by atomic mass is 16.5. The zero-order valence-corrected chi connectivity index (χ0v) is 8.93. The van der Waals surface area contributed by atoms with E-state index in [0.29, 0.717) is 0 Å². The summed E-state index contributed by atoms with van der Waals surface area (Å²) in [6.45, 7) is 0.425. The second kappa shape index (κ2) is 6.81. The van der Waals surface area contributed by atoms with Gasteiger partial charge in [0.2, 0.25) is 0 Å². The first-order valence-corrected chi connectivity index (χ1v) is 5.05. The summed E-state index contributed by atoms with van der Waals surface area (Å²) in [5, 5.41) is 11.5. The zero-order chi connectivity index (χ0) is 11.8. The Morgan fingerprint density at radius 2 is 2.12 bits per heavy atom. The van der Waals surface area contributed by atoms with Crippen molar-refractivity contribution in [3.63, 3.8) is 0 Å². The molecule has 1 atom stereocenters. The van der Waals surface area contributed by atoms with Crippen molar-refractivity contribution in [2.75, 3.05) is 13.1 Å². The van der Waals surface area contributed by atoms with Gasteiger partial charge in [0.05, 0.1) is 6.10 Å². The molecule has 5 heteroatoms. The molecule has 1 aromatic carbocycles. The smallest absolute Gasteiger partial charge is 0.407 e. The van der Waals surface area contributed by atoms with Gasteiger partial charge in [0.25, 0.3) is 0 Å². The average molecular weight is 224 g/mol. The fourth-order valence-corrected chi connectivity index (χ4v) is 1.06. The van der Waals surface area contributed by atoms with Gasteiger partial charge in [0.15, 0.2) is 0 Å². The van der Waals surface area contributed by atoms with E-state index in [4.69, 9.17) is 15.6 Å². The van der Waals surface area contributed by atoms with Crippen LogP contribution >= 0.6 is 0 Å². The van der Waals surface area contributed by atoms with Crippen molar-refractivity contribution in [2.45, 2.75) is 12.7 Å². The average Bonchev–Trinajstić information content (AvgIpc) is 2.34. The van der Waals surface area contributed by atoms with Crippen molar-refractivity contribution in [1.82, 2.24) is 5.32 Å². The van der Waals surface area contributed by atoms with Crippen molar-refractivity contribution in [1.29, 1.82) is 0 Å². The number of nitrogens with one attached hydrogen (secondary N) is 1. The predicted octanol–water partition coefficient (Wildman–Crippen LogP) is 0.232. The SMILES string of the molecule is NCC(O)CNC(=O)OCc1ccccc1. The molecule has 0 heterocycles. The molecule has 88 valence electrons. The minimum Gasteiger partial charge on any atom is -0.445 e. The van der Waals surface area contributed by atoms with Crippen LogP contribution in [0.2, 0.25) is 0 Å². The molecule has 1 unspecified atom stereocenters. The molecule has 0 saturated carbocycles. The number of amides is 1. The van der Waals surface area contributed by atoms with Crippen LogP contribution in [0.5, 0.6) is 0 Å². The van der Waals surface area contributed by atoms with E-state index in [1.54, 1.807) is 0 Å². The van der Waals surface area contributed by atoms with E-state index >= 15 is 0 Å². The van der Waals surface area contributed by atoms with Gasteiger partial charge in [0.1, 0.15) is 6.61 Å². The lowest BCUT2D eigenvalue weighted by molar-refractivity contribution is 0.127. The van der Waals surface area contributed by atoms with E-state index in [9.17, 15) is 4.79 Å². The Kier molecular flexibility index (Phi) is 5.31. The van der Waals surface area contributed by atoms with Crippen molar-refractivity contribution < 1.29 is 14.6 Å². The Bertz CT molecular complexity index is 316. The Hall–Kier alpha value is -1.59. The number of benzene rings is 1. The number of carbonyl (C=O) groups is 1. The predicted molar refractivity (Wildman–Crippen MR) is 59.7 cm³/mol. The first kappa shape index (κ1) is 12.5. The normalized spacial score (nSPS) is 11.9. The number of hydrogen-bond donors (Lipinski definition) is 3. The van der Waals surface area contributed by atoms with Crippen LogP contribution in [-0.4, -0.2) is 30.4 Å². The summed E-state index contributed by atoms with van der Waals surface area (Å²) in [4.78, 5) is 11.2. The van der Waals surface area contributed by atoms with Crippen molar-refractivity contribution in [3.8, 4) is 0 Å². The lowest BCUT2D eigenvalue weighted by Crippen LogP contribution is -2.36. The molecule has 0 bridgehead atoms. The number of nitrogens with two attached hydrogens (primary N) is 1. The van der Waals surface area contributed by atoms with E-state index in [1.807, 2.05) is 30.3 Å². The van der Waals surface area contributed by atoms with E-state index in [2.05, 4.69) is 5.32 Å². The van der Waals surface area contributed by atoms with E-state index < -0.39 is 12.2 Å². The summed E-state index contributed by atoms with van der Waals surface area (Å²) in [6, 6.07) is 9.36. The molecule has 0 aliphatic carbocycles. The van der Waals surface area contributed by atoms with Crippen LogP contribution in [0.25, 0.3) is 0 Å². The van der Waals surface area contributed by atoms with Crippen LogP contribution in [0.4, 0.5) is 4.79 Å². The summed E-state index contributed by atoms with van der Waals surface area (Å²) in [5.74, 6) is 0. The highest BCUT2D eigenvalue weighted by molar-refractivity contribution is 5.67. The number of aliphatic hydroxyl groups is 1. The molecular weight excluding hydrogens is 208 g/mol. The molecule has 0 saturated heterocycles. The fraction of sp³-hybridized carbons (Fsp3) is 0.364. The number of carbonyl (C=O) groups excluding carboxylic acids is 1. The molecule has 4 N–H and O–H groups in total. The van der Waals surface area contributed by atoms with Gasteiger partial charge in [-0.3, -0.25) is 0 Å². The zero-order valence-electron chi connectivity index (χ0n) is 8.93. The van der Waals surface area contributed by atoms with E-state index in [1.165, 1.54) is 0 Å². The third-order valence-corrected chi connectivity index (χ3v) is 1.97. The largest absolute Gasteiger partial charge is 0.445 e. The number of aliphatic hydroxyl groups excluding tert-OH is 1. The van der Waals surface area contributed by atoms with Gasteiger partial charge < -0.3 is 20.9 Å². The highest BCUT2D eigenvalue weighted by Gasteiger charge is 2.05. The number of ether oxygens (including phenoxy) is 1. The molecule has 1 amide bonds. The quantitative estimate of drug-likeness (QED) is 0.668. The van der Waals surface area contributed by atoms with Gasteiger partial charge in [-0.1, -0.05) is 30.3 Å². The maximum absolute atomic E-state index is 11.2. The van der Waals surface area contributed by atoms with Crippen LogP contribution in [0, 0.1) is 0 Å². The third-order valence-electron chi connectivity index (χ3n) is 1.97. The molecule has 0 aromatic heterocycles. The summed E-state index contributed by atoms with van der Waals surface area (Å²) < 4.78 is 4.92. The van der Waals surface area contributed by atoms with Gasteiger partial charge >= 0.3 is 6.09 Å². The van der Waals surface area contributed by atoms with Crippen LogP contribution in [-0.2, 0) is 11.3 Å². The molecule has 1 rings (SSSR count). The number of hydrogen-bond acceptors (Lipinski definition) is 4. The van der Waals surface area contributed by atoms with Gasteiger partial charge in [-0.25, -0.2) is 4.79 Å². The minimum atomic E-state index is -0.732. The van der Waals surface area contributed by atoms with Gasteiger partial charge in [-0.15, -0.1) is 0 Å². The summed E-state index contributed by atoms with van der Waals surface area (Å²) in [5.41, 5.74) is 6.10. The number of alkyl carbamates (subject to hydrolysis) is 1. The Balaban J connectivity index is 2.20.